The molecule has 2 unspecified atom stereocenters. The van der Waals surface area contributed by atoms with Crippen molar-refractivity contribution in [1.29, 1.82) is 0 Å². The van der Waals surface area contributed by atoms with Crippen LogP contribution in [0.3, 0.4) is 0 Å². The predicted octanol–water partition coefficient (Wildman–Crippen LogP) is 3.31. The summed E-state index contributed by atoms with van der Waals surface area (Å²) in [6, 6.07) is 4.70. The van der Waals surface area contributed by atoms with Crippen LogP contribution in [0.4, 0.5) is 0 Å². The lowest BCUT2D eigenvalue weighted by atomic mass is 10.1. The Morgan fingerprint density at radius 2 is 2.25 bits per heavy atom. The third kappa shape index (κ3) is 4.95. The van der Waals surface area contributed by atoms with Gasteiger partial charge in [0.15, 0.2) is 0 Å². The molecule has 2 atom stereocenters. The minimum Gasteiger partial charge on any atom is -0.469 e. The van der Waals surface area contributed by atoms with Gasteiger partial charge in [0.25, 0.3) is 0 Å². The van der Waals surface area contributed by atoms with E-state index in [-0.39, 0.29) is 5.54 Å². The Morgan fingerprint density at radius 3 is 2.90 bits per heavy atom. The number of hydrogen-bond donors (Lipinski definition) is 1. The van der Waals surface area contributed by atoms with E-state index in [1.54, 1.807) is 6.26 Å². The molecule has 0 aromatic carbocycles. The highest BCUT2D eigenvalue weighted by molar-refractivity contribution is 4.98. The normalized spacial score (nSPS) is 22.3. The molecule has 114 valence electrons. The van der Waals surface area contributed by atoms with E-state index in [0.29, 0.717) is 6.04 Å². The van der Waals surface area contributed by atoms with Gasteiger partial charge < -0.3 is 14.6 Å². The van der Waals surface area contributed by atoms with Gasteiger partial charge in [-0.25, -0.2) is 0 Å². The van der Waals surface area contributed by atoms with Crippen molar-refractivity contribution >= 4 is 0 Å². The van der Waals surface area contributed by atoms with Gasteiger partial charge in [0.1, 0.15) is 5.76 Å². The molecule has 1 aliphatic heterocycles. The average Bonchev–Trinajstić information content (AvgIpc) is 3.04. The molecule has 0 radical (unpaired) electrons. The van der Waals surface area contributed by atoms with Crippen LogP contribution in [0.15, 0.2) is 22.8 Å². The molecule has 1 saturated heterocycles. The lowest BCUT2D eigenvalue weighted by Crippen LogP contribution is -2.40. The van der Waals surface area contributed by atoms with Crippen LogP contribution in [0.1, 0.15) is 46.3 Å². The first-order valence-electron chi connectivity index (χ1n) is 7.95. The van der Waals surface area contributed by atoms with Gasteiger partial charge in [-0.3, -0.25) is 0 Å². The van der Waals surface area contributed by atoms with Crippen LogP contribution in [-0.2, 0) is 6.42 Å². The molecule has 0 saturated carbocycles. The summed E-state index contributed by atoms with van der Waals surface area (Å²) in [5.74, 6) is 1.92. The first-order chi connectivity index (χ1) is 9.44. The number of aryl methyl sites for hydroxylation is 1. The van der Waals surface area contributed by atoms with Crippen LogP contribution >= 0.6 is 0 Å². The summed E-state index contributed by atoms with van der Waals surface area (Å²) < 4.78 is 5.42. The van der Waals surface area contributed by atoms with Gasteiger partial charge in [0.05, 0.1) is 6.26 Å². The number of nitrogens with one attached hydrogen (secondary N) is 1. The number of likely N-dealkylation sites (tertiary alicyclic amines) is 1. The summed E-state index contributed by atoms with van der Waals surface area (Å²) in [6.07, 6.45) is 5.33. The Bertz CT molecular complexity index is 380. The number of rotatable bonds is 6. The van der Waals surface area contributed by atoms with Crippen molar-refractivity contribution in [3.8, 4) is 0 Å². The minimum atomic E-state index is 0.234. The maximum atomic E-state index is 5.42. The molecule has 1 aromatic rings. The number of furan rings is 1. The standard InChI is InChI=1S/C17H30N2O/c1-14(7-8-16-6-5-11-20-16)19-10-9-15(13-19)12-18-17(2,3)4/h5-6,11,14-15,18H,7-10,12-13H2,1-4H3. The van der Waals surface area contributed by atoms with E-state index in [1.165, 1.54) is 25.9 Å². The zero-order chi connectivity index (χ0) is 14.6. The highest BCUT2D eigenvalue weighted by Gasteiger charge is 2.26. The Labute approximate surface area is 123 Å². The van der Waals surface area contributed by atoms with Crippen LogP contribution in [0.5, 0.6) is 0 Å². The van der Waals surface area contributed by atoms with Crippen molar-refractivity contribution < 1.29 is 4.42 Å². The number of nitrogens with zero attached hydrogens (tertiary/aromatic N) is 1. The molecule has 0 aliphatic carbocycles. The Morgan fingerprint density at radius 1 is 1.45 bits per heavy atom. The van der Waals surface area contributed by atoms with E-state index in [1.807, 2.05) is 6.07 Å². The highest BCUT2D eigenvalue weighted by atomic mass is 16.3. The molecule has 1 aromatic heterocycles. The van der Waals surface area contributed by atoms with Crippen molar-refractivity contribution in [2.75, 3.05) is 19.6 Å². The first kappa shape index (κ1) is 15.6. The van der Waals surface area contributed by atoms with Crippen LogP contribution < -0.4 is 5.32 Å². The molecule has 3 nitrogen and oxygen atoms in total. The van der Waals surface area contributed by atoms with Gasteiger partial charge in [0.2, 0.25) is 0 Å². The van der Waals surface area contributed by atoms with Crippen molar-refractivity contribution in [2.45, 2.75) is 58.5 Å². The maximum Gasteiger partial charge on any atom is 0.103 e. The van der Waals surface area contributed by atoms with Crippen molar-refractivity contribution in [2.24, 2.45) is 5.92 Å². The fourth-order valence-electron chi connectivity index (χ4n) is 2.87. The van der Waals surface area contributed by atoms with E-state index in [0.717, 1.165) is 24.6 Å². The van der Waals surface area contributed by atoms with Crippen molar-refractivity contribution in [3.05, 3.63) is 24.2 Å². The van der Waals surface area contributed by atoms with Crippen LogP contribution in [0.25, 0.3) is 0 Å². The predicted molar refractivity (Wildman–Crippen MR) is 83.9 cm³/mol. The smallest absolute Gasteiger partial charge is 0.103 e. The topological polar surface area (TPSA) is 28.4 Å². The van der Waals surface area contributed by atoms with Crippen LogP contribution in [0.2, 0.25) is 0 Å². The molecular weight excluding hydrogens is 248 g/mol. The van der Waals surface area contributed by atoms with Crippen molar-refractivity contribution in [1.82, 2.24) is 10.2 Å². The van der Waals surface area contributed by atoms with E-state index >= 15 is 0 Å². The molecule has 3 heteroatoms. The summed E-state index contributed by atoms with van der Waals surface area (Å²) in [5, 5.41) is 3.64. The summed E-state index contributed by atoms with van der Waals surface area (Å²) >= 11 is 0. The van der Waals surface area contributed by atoms with Crippen LogP contribution in [0, 0.1) is 5.92 Å². The first-order valence-corrected chi connectivity index (χ1v) is 7.95. The quantitative estimate of drug-likeness (QED) is 0.865. The molecule has 0 spiro atoms. The lowest BCUT2D eigenvalue weighted by Gasteiger charge is -2.26. The van der Waals surface area contributed by atoms with Gasteiger partial charge in [-0.1, -0.05) is 0 Å². The maximum absolute atomic E-state index is 5.42. The molecule has 1 aliphatic rings. The SMILES string of the molecule is CC(CCc1ccco1)N1CCC(CNC(C)(C)C)C1. The summed E-state index contributed by atoms with van der Waals surface area (Å²) in [6.45, 7) is 12.7. The average molecular weight is 278 g/mol. The monoisotopic (exact) mass is 278 g/mol. The molecule has 20 heavy (non-hydrogen) atoms. The molecule has 2 heterocycles. The van der Waals surface area contributed by atoms with Crippen LogP contribution in [-0.4, -0.2) is 36.1 Å². The molecule has 0 bridgehead atoms. The Balaban J connectivity index is 1.69. The van der Waals surface area contributed by atoms with E-state index < -0.39 is 0 Å². The Hall–Kier alpha value is -0.800. The van der Waals surface area contributed by atoms with Gasteiger partial charge in [0, 0.05) is 24.5 Å². The summed E-state index contributed by atoms with van der Waals surface area (Å²) in [5.41, 5.74) is 0.234. The summed E-state index contributed by atoms with van der Waals surface area (Å²) in [4.78, 5) is 2.64. The largest absolute Gasteiger partial charge is 0.469 e. The second-order valence-corrected chi connectivity index (χ2v) is 7.25. The van der Waals surface area contributed by atoms with E-state index in [2.05, 4.69) is 44.0 Å². The lowest BCUT2D eigenvalue weighted by molar-refractivity contribution is 0.232. The van der Waals surface area contributed by atoms with Crippen molar-refractivity contribution in [3.63, 3.8) is 0 Å². The number of hydrogen-bond acceptors (Lipinski definition) is 3. The minimum absolute atomic E-state index is 0.234. The zero-order valence-corrected chi connectivity index (χ0v) is 13.5. The molecule has 1 fully saturated rings. The van der Waals surface area contributed by atoms with Gasteiger partial charge in [-0.05, 0) is 71.7 Å². The Kier molecular flexibility index (Phi) is 5.28. The summed E-state index contributed by atoms with van der Waals surface area (Å²) in [7, 11) is 0. The molecular formula is C17H30N2O. The molecule has 2 rings (SSSR count). The highest BCUT2D eigenvalue weighted by Crippen LogP contribution is 2.21. The van der Waals surface area contributed by atoms with E-state index in [4.69, 9.17) is 4.42 Å². The molecule has 1 N–H and O–H groups in total. The van der Waals surface area contributed by atoms with Gasteiger partial charge in [-0.15, -0.1) is 0 Å². The fourth-order valence-corrected chi connectivity index (χ4v) is 2.87. The zero-order valence-electron chi connectivity index (χ0n) is 13.5. The van der Waals surface area contributed by atoms with Gasteiger partial charge >= 0.3 is 0 Å². The van der Waals surface area contributed by atoms with Gasteiger partial charge in [-0.2, -0.15) is 0 Å². The fraction of sp³-hybridized carbons (Fsp3) is 0.765. The van der Waals surface area contributed by atoms with E-state index in [9.17, 15) is 0 Å². The second-order valence-electron chi connectivity index (χ2n) is 7.25. The third-order valence-electron chi connectivity index (χ3n) is 4.25. The third-order valence-corrected chi connectivity index (χ3v) is 4.25. The second kappa shape index (κ2) is 6.77. The molecule has 0 amide bonds.